The zero-order chi connectivity index (χ0) is 16.2. The van der Waals surface area contributed by atoms with Crippen molar-refractivity contribution in [1.29, 1.82) is 0 Å². The first-order valence-electron chi connectivity index (χ1n) is 6.89. The smallest absolute Gasteiger partial charge is 0.248 e. The van der Waals surface area contributed by atoms with Crippen LogP contribution < -0.4 is 5.73 Å². The molecule has 0 aromatic heterocycles. The van der Waals surface area contributed by atoms with Gasteiger partial charge in [0.1, 0.15) is 0 Å². The van der Waals surface area contributed by atoms with Gasteiger partial charge in [0.05, 0.1) is 4.90 Å². The minimum Gasteiger partial charge on any atom is -0.366 e. The van der Waals surface area contributed by atoms with Gasteiger partial charge in [0.2, 0.25) is 15.9 Å². The van der Waals surface area contributed by atoms with Crippen LogP contribution in [0.4, 0.5) is 0 Å². The molecule has 2 N–H and O–H groups in total. The zero-order valence-electron chi connectivity index (χ0n) is 12.3. The Morgan fingerprint density at radius 2 is 1.64 bits per heavy atom. The lowest BCUT2D eigenvalue weighted by atomic mass is 10.1. The van der Waals surface area contributed by atoms with Gasteiger partial charge in [-0.3, -0.25) is 4.79 Å². The number of hydrogen-bond donors (Lipinski definition) is 1. The Balaban J connectivity index is 2.24. The molecule has 0 aliphatic carbocycles. The van der Waals surface area contributed by atoms with Gasteiger partial charge in [-0.05, 0) is 29.8 Å². The molecule has 0 radical (unpaired) electrons. The summed E-state index contributed by atoms with van der Waals surface area (Å²) < 4.78 is 26.6. The summed E-state index contributed by atoms with van der Waals surface area (Å²) in [5, 5.41) is 0. The number of nitrogens with two attached hydrogens (primary N) is 1. The molecule has 6 heteroatoms. The van der Waals surface area contributed by atoms with Crippen LogP contribution in [-0.2, 0) is 16.6 Å². The van der Waals surface area contributed by atoms with Gasteiger partial charge < -0.3 is 5.73 Å². The molecule has 116 valence electrons. The third-order valence-electron chi connectivity index (χ3n) is 3.33. The Labute approximate surface area is 130 Å². The molecule has 0 aliphatic rings. The molecule has 0 aliphatic heterocycles. The predicted molar refractivity (Wildman–Crippen MR) is 84.7 cm³/mol. The van der Waals surface area contributed by atoms with E-state index in [1.54, 1.807) is 61.5 Å². The molecular formula is C16H18N2O3S. The standard InChI is InChI=1S/C16H18N2O3S/c1-2-18(22(20,21)15-6-4-3-5-7-15)12-13-8-10-14(11-9-13)16(17)19/h3-11H,2,12H2,1H3,(H2,17,19). The molecule has 0 saturated heterocycles. The van der Waals surface area contributed by atoms with Gasteiger partial charge in [-0.25, -0.2) is 8.42 Å². The molecule has 1 amide bonds. The molecular weight excluding hydrogens is 300 g/mol. The van der Waals surface area contributed by atoms with Gasteiger partial charge in [-0.2, -0.15) is 4.31 Å². The lowest BCUT2D eigenvalue weighted by molar-refractivity contribution is 0.1000. The second-order valence-corrected chi connectivity index (χ2v) is 6.74. The molecule has 0 saturated carbocycles. The second-order valence-electron chi connectivity index (χ2n) is 4.81. The Hall–Kier alpha value is -2.18. The summed E-state index contributed by atoms with van der Waals surface area (Å²) in [5.41, 5.74) is 6.39. The van der Waals surface area contributed by atoms with Crippen molar-refractivity contribution in [2.24, 2.45) is 5.73 Å². The summed E-state index contributed by atoms with van der Waals surface area (Å²) >= 11 is 0. The van der Waals surface area contributed by atoms with E-state index in [1.165, 1.54) is 4.31 Å². The zero-order valence-corrected chi connectivity index (χ0v) is 13.1. The first kappa shape index (κ1) is 16.2. The fraction of sp³-hybridized carbons (Fsp3) is 0.188. The van der Waals surface area contributed by atoms with Crippen LogP contribution in [0.3, 0.4) is 0 Å². The third-order valence-corrected chi connectivity index (χ3v) is 5.27. The highest BCUT2D eigenvalue weighted by atomic mass is 32.2. The van der Waals surface area contributed by atoms with Crippen molar-refractivity contribution >= 4 is 15.9 Å². The number of rotatable bonds is 6. The quantitative estimate of drug-likeness (QED) is 0.884. The van der Waals surface area contributed by atoms with E-state index >= 15 is 0 Å². The monoisotopic (exact) mass is 318 g/mol. The van der Waals surface area contributed by atoms with Gasteiger partial charge >= 0.3 is 0 Å². The third kappa shape index (κ3) is 3.52. The van der Waals surface area contributed by atoms with E-state index in [4.69, 9.17) is 5.73 Å². The first-order valence-corrected chi connectivity index (χ1v) is 8.33. The average molecular weight is 318 g/mol. The maximum Gasteiger partial charge on any atom is 0.248 e. The summed E-state index contributed by atoms with van der Waals surface area (Å²) in [5.74, 6) is -0.504. The van der Waals surface area contributed by atoms with Crippen molar-refractivity contribution in [2.45, 2.75) is 18.4 Å². The highest BCUT2D eigenvalue weighted by molar-refractivity contribution is 7.89. The lowest BCUT2D eigenvalue weighted by Gasteiger charge is -2.20. The molecule has 0 heterocycles. The maximum absolute atomic E-state index is 12.6. The summed E-state index contributed by atoms with van der Waals surface area (Å²) in [7, 11) is -3.53. The van der Waals surface area contributed by atoms with Crippen LogP contribution in [-0.4, -0.2) is 25.2 Å². The molecule has 0 fully saturated rings. The van der Waals surface area contributed by atoms with E-state index < -0.39 is 15.9 Å². The molecule has 2 aromatic carbocycles. The summed E-state index contributed by atoms with van der Waals surface area (Å²) in [6.45, 7) is 2.39. The van der Waals surface area contributed by atoms with E-state index in [1.807, 2.05) is 0 Å². The van der Waals surface area contributed by atoms with Gasteiger partial charge in [-0.15, -0.1) is 0 Å². The number of nitrogens with zero attached hydrogens (tertiary/aromatic N) is 1. The van der Waals surface area contributed by atoms with Crippen molar-refractivity contribution in [3.05, 3.63) is 65.7 Å². The SMILES string of the molecule is CCN(Cc1ccc(C(N)=O)cc1)S(=O)(=O)c1ccccc1. The minimum atomic E-state index is -3.53. The van der Waals surface area contributed by atoms with Crippen LogP contribution in [0.1, 0.15) is 22.8 Å². The summed E-state index contributed by atoms with van der Waals surface area (Å²) in [6.07, 6.45) is 0. The Morgan fingerprint density at radius 3 is 2.14 bits per heavy atom. The summed E-state index contributed by atoms with van der Waals surface area (Å²) in [6, 6.07) is 14.9. The topological polar surface area (TPSA) is 80.5 Å². The molecule has 0 spiro atoms. The predicted octanol–water partition coefficient (Wildman–Crippen LogP) is 2.00. The van der Waals surface area contributed by atoms with Crippen molar-refractivity contribution < 1.29 is 13.2 Å². The molecule has 2 rings (SSSR count). The average Bonchev–Trinajstić information content (AvgIpc) is 2.53. The van der Waals surface area contributed by atoms with Gasteiger partial charge in [0.15, 0.2) is 0 Å². The largest absolute Gasteiger partial charge is 0.366 e. The molecule has 5 nitrogen and oxygen atoms in total. The number of sulfonamides is 1. The number of primary amides is 1. The number of carbonyl (C=O) groups is 1. The van der Waals surface area contributed by atoms with Gasteiger partial charge in [0.25, 0.3) is 0 Å². The van der Waals surface area contributed by atoms with E-state index in [0.717, 1.165) is 5.56 Å². The highest BCUT2D eigenvalue weighted by Gasteiger charge is 2.22. The molecule has 0 atom stereocenters. The van der Waals surface area contributed by atoms with Crippen molar-refractivity contribution in [3.8, 4) is 0 Å². The number of benzene rings is 2. The van der Waals surface area contributed by atoms with Crippen LogP contribution in [0.15, 0.2) is 59.5 Å². The van der Waals surface area contributed by atoms with E-state index in [2.05, 4.69) is 0 Å². The van der Waals surface area contributed by atoms with Gasteiger partial charge in [-0.1, -0.05) is 37.3 Å². The van der Waals surface area contributed by atoms with Crippen LogP contribution in [0.25, 0.3) is 0 Å². The fourth-order valence-electron chi connectivity index (χ4n) is 2.09. The molecule has 22 heavy (non-hydrogen) atoms. The highest BCUT2D eigenvalue weighted by Crippen LogP contribution is 2.18. The van der Waals surface area contributed by atoms with E-state index in [9.17, 15) is 13.2 Å². The normalized spacial score (nSPS) is 11.5. The van der Waals surface area contributed by atoms with Gasteiger partial charge in [0, 0.05) is 18.7 Å². The van der Waals surface area contributed by atoms with Crippen LogP contribution >= 0.6 is 0 Å². The Morgan fingerprint density at radius 1 is 1.05 bits per heavy atom. The molecule has 0 bridgehead atoms. The van der Waals surface area contributed by atoms with Crippen LogP contribution in [0.2, 0.25) is 0 Å². The Kier molecular flexibility index (Phi) is 4.95. The van der Waals surface area contributed by atoms with Crippen LogP contribution in [0, 0.1) is 0 Å². The van der Waals surface area contributed by atoms with Crippen molar-refractivity contribution in [3.63, 3.8) is 0 Å². The Bertz CT molecular complexity index is 741. The van der Waals surface area contributed by atoms with Crippen LogP contribution in [0.5, 0.6) is 0 Å². The molecule has 0 unspecified atom stereocenters. The lowest BCUT2D eigenvalue weighted by Crippen LogP contribution is -2.30. The van der Waals surface area contributed by atoms with E-state index in [0.29, 0.717) is 12.1 Å². The van der Waals surface area contributed by atoms with Crippen molar-refractivity contribution in [2.75, 3.05) is 6.54 Å². The minimum absolute atomic E-state index is 0.243. The number of carbonyl (C=O) groups excluding carboxylic acids is 1. The van der Waals surface area contributed by atoms with E-state index in [-0.39, 0.29) is 11.4 Å². The number of hydrogen-bond acceptors (Lipinski definition) is 3. The summed E-state index contributed by atoms with van der Waals surface area (Å²) in [4.78, 5) is 11.3. The number of amides is 1. The maximum atomic E-state index is 12.6. The van der Waals surface area contributed by atoms with Crippen molar-refractivity contribution in [1.82, 2.24) is 4.31 Å². The fourth-order valence-corrected chi connectivity index (χ4v) is 3.54. The second kappa shape index (κ2) is 6.72. The first-order chi connectivity index (χ1) is 10.4. The molecule has 2 aromatic rings.